The molecule has 1 heterocycles. The number of unbranched alkanes of at least 4 members (excludes halogenated alkanes) is 2. The van der Waals surface area contributed by atoms with E-state index in [9.17, 15) is 8.42 Å². The molecule has 4 heteroatoms. The summed E-state index contributed by atoms with van der Waals surface area (Å²) < 4.78 is 23.0. The molecule has 0 atom stereocenters. The first kappa shape index (κ1) is 12.2. The SMILES string of the molecule is O=[SH](=O)CCCCCn1ccc2ccccc21. The summed E-state index contributed by atoms with van der Waals surface area (Å²) in [6.45, 7) is 0.961. The second-order valence-corrected chi connectivity index (χ2v) is 5.30. The monoisotopic (exact) mass is 251 g/mol. The molecule has 2 rings (SSSR count). The number of nitrogens with zero attached hydrogens (tertiary/aromatic N) is 1. The van der Waals surface area contributed by atoms with E-state index >= 15 is 0 Å². The third-order valence-electron chi connectivity index (χ3n) is 2.92. The van der Waals surface area contributed by atoms with Crippen molar-refractivity contribution >= 4 is 21.6 Å². The first-order valence-corrected chi connectivity index (χ1v) is 7.29. The standard InChI is InChI=1S/C13H17NO2S/c15-17(16)11-5-1-4-9-14-10-8-12-6-2-3-7-13(12)14/h2-3,6-8,10,17H,1,4-5,9,11H2. The summed E-state index contributed by atoms with van der Waals surface area (Å²) in [6.07, 6.45) is 4.87. The molecule has 0 spiro atoms. The van der Waals surface area contributed by atoms with Crippen molar-refractivity contribution in [1.82, 2.24) is 4.57 Å². The minimum absolute atomic E-state index is 0.321. The maximum atomic E-state index is 10.4. The number of benzene rings is 1. The Bertz CT molecular complexity index is 549. The smallest absolute Gasteiger partial charge is 0.140 e. The quantitative estimate of drug-likeness (QED) is 0.632. The van der Waals surface area contributed by atoms with Crippen molar-refractivity contribution in [1.29, 1.82) is 0 Å². The van der Waals surface area contributed by atoms with Crippen LogP contribution in [0.4, 0.5) is 0 Å². The first-order valence-electron chi connectivity index (χ1n) is 5.93. The summed E-state index contributed by atoms with van der Waals surface area (Å²) >= 11 is 0. The molecular formula is C13H17NO2S. The van der Waals surface area contributed by atoms with Crippen LogP contribution in [0.5, 0.6) is 0 Å². The van der Waals surface area contributed by atoms with Gasteiger partial charge in [-0.3, -0.25) is 0 Å². The number of aromatic nitrogens is 1. The highest BCUT2D eigenvalue weighted by Crippen LogP contribution is 2.15. The molecular weight excluding hydrogens is 234 g/mol. The van der Waals surface area contributed by atoms with E-state index in [0.717, 1.165) is 25.8 Å². The Balaban J connectivity index is 1.87. The van der Waals surface area contributed by atoms with Crippen LogP contribution in [0.2, 0.25) is 0 Å². The second-order valence-electron chi connectivity index (χ2n) is 4.18. The Morgan fingerprint density at radius 3 is 2.65 bits per heavy atom. The van der Waals surface area contributed by atoms with Crippen molar-refractivity contribution in [2.45, 2.75) is 25.8 Å². The number of thiol groups is 1. The lowest BCUT2D eigenvalue weighted by molar-refractivity contribution is 0.595. The zero-order valence-electron chi connectivity index (χ0n) is 9.71. The predicted octanol–water partition coefficient (Wildman–Crippen LogP) is 2.42. The highest BCUT2D eigenvalue weighted by atomic mass is 32.2. The van der Waals surface area contributed by atoms with Crippen molar-refractivity contribution in [3.05, 3.63) is 36.5 Å². The molecule has 0 aliphatic carbocycles. The van der Waals surface area contributed by atoms with Crippen molar-refractivity contribution in [2.24, 2.45) is 0 Å². The Hall–Kier alpha value is -1.29. The lowest BCUT2D eigenvalue weighted by Gasteiger charge is -2.04. The van der Waals surface area contributed by atoms with Gasteiger partial charge in [-0.2, -0.15) is 0 Å². The van der Waals surface area contributed by atoms with E-state index in [4.69, 9.17) is 0 Å². The third kappa shape index (κ3) is 3.33. The van der Waals surface area contributed by atoms with Crippen molar-refractivity contribution in [3.63, 3.8) is 0 Å². The summed E-state index contributed by atoms with van der Waals surface area (Å²) in [4.78, 5) is 0. The van der Waals surface area contributed by atoms with Crippen LogP contribution >= 0.6 is 0 Å². The number of fused-ring (bicyclic) bond motifs is 1. The van der Waals surface area contributed by atoms with E-state index in [-0.39, 0.29) is 0 Å². The lowest BCUT2D eigenvalue weighted by Crippen LogP contribution is -1.97. The second kappa shape index (κ2) is 5.87. The van der Waals surface area contributed by atoms with Gasteiger partial charge in [0.25, 0.3) is 0 Å². The van der Waals surface area contributed by atoms with Crippen molar-refractivity contribution in [3.8, 4) is 0 Å². The fourth-order valence-corrected chi connectivity index (χ4v) is 2.52. The highest BCUT2D eigenvalue weighted by molar-refractivity contribution is 7.72. The average molecular weight is 251 g/mol. The van der Waals surface area contributed by atoms with Crippen LogP contribution in [0, 0.1) is 0 Å². The molecule has 0 bridgehead atoms. The molecule has 92 valence electrons. The first-order chi connectivity index (χ1) is 8.27. The Morgan fingerprint density at radius 1 is 1.00 bits per heavy atom. The number of hydrogen-bond acceptors (Lipinski definition) is 2. The van der Waals surface area contributed by atoms with Gasteiger partial charge in [-0.1, -0.05) is 24.6 Å². The third-order valence-corrected chi connectivity index (χ3v) is 3.60. The highest BCUT2D eigenvalue weighted by Gasteiger charge is 1.99. The molecule has 0 amide bonds. The van der Waals surface area contributed by atoms with Gasteiger partial charge in [0.1, 0.15) is 10.7 Å². The number of rotatable bonds is 6. The number of hydrogen-bond donors (Lipinski definition) is 1. The molecule has 3 nitrogen and oxygen atoms in total. The minimum atomic E-state index is -2.20. The summed E-state index contributed by atoms with van der Waals surface area (Å²) in [6, 6.07) is 10.4. The van der Waals surface area contributed by atoms with Gasteiger partial charge >= 0.3 is 0 Å². The van der Waals surface area contributed by atoms with E-state index in [2.05, 4.69) is 29.0 Å². The largest absolute Gasteiger partial charge is 0.347 e. The van der Waals surface area contributed by atoms with Crippen LogP contribution < -0.4 is 0 Å². The Kier molecular flexibility index (Phi) is 4.20. The molecule has 0 unspecified atom stereocenters. The van der Waals surface area contributed by atoms with E-state index in [1.807, 2.05) is 12.1 Å². The van der Waals surface area contributed by atoms with Crippen LogP contribution in [0.25, 0.3) is 10.9 Å². The Labute approximate surface area is 103 Å². The average Bonchev–Trinajstić information content (AvgIpc) is 2.72. The van der Waals surface area contributed by atoms with Crippen molar-refractivity contribution < 1.29 is 8.42 Å². The van der Waals surface area contributed by atoms with E-state index < -0.39 is 10.7 Å². The van der Waals surface area contributed by atoms with Crippen LogP contribution in [0.15, 0.2) is 36.5 Å². The van der Waals surface area contributed by atoms with Gasteiger partial charge in [-0.05, 0) is 30.4 Å². The molecule has 1 aromatic carbocycles. The van der Waals surface area contributed by atoms with Crippen LogP contribution in [0.3, 0.4) is 0 Å². The van der Waals surface area contributed by atoms with E-state index in [1.165, 1.54) is 10.9 Å². The molecule has 0 fully saturated rings. The summed E-state index contributed by atoms with van der Waals surface area (Å²) in [7, 11) is -2.20. The summed E-state index contributed by atoms with van der Waals surface area (Å²) in [5, 5.41) is 1.26. The zero-order valence-corrected chi connectivity index (χ0v) is 10.6. The van der Waals surface area contributed by atoms with Gasteiger partial charge < -0.3 is 4.57 Å². The summed E-state index contributed by atoms with van der Waals surface area (Å²) in [5.74, 6) is 0.321. The van der Waals surface area contributed by atoms with Gasteiger partial charge in [0.15, 0.2) is 0 Å². The van der Waals surface area contributed by atoms with Gasteiger partial charge in [0, 0.05) is 24.0 Å². The topological polar surface area (TPSA) is 39.1 Å². The molecule has 0 aliphatic rings. The molecule has 1 aromatic heterocycles. The molecule has 0 saturated heterocycles. The van der Waals surface area contributed by atoms with Crippen LogP contribution in [0.1, 0.15) is 19.3 Å². The van der Waals surface area contributed by atoms with Crippen molar-refractivity contribution in [2.75, 3.05) is 5.75 Å². The normalized spacial score (nSPS) is 11.4. The predicted molar refractivity (Wildman–Crippen MR) is 71.0 cm³/mol. The maximum absolute atomic E-state index is 10.4. The molecule has 0 aliphatic heterocycles. The minimum Gasteiger partial charge on any atom is -0.347 e. The number of aryl methyl sites for hydroxylation is 1. The van der Waals surface area contributed by atoms with Gasteiger partial charge in [0.05, 0.1) is 0 Å². The molecule has 2 aromatic rings. The van der Waals surface area contributed by atoms with Gasteiger partial charge in [0.2, 0.25) is 0 Å². The molecule has 17 heavy (non-hydrogen) atoms. The molecule has 0 saturated carbocycles. The van der Waals surface area contributed by atoms with Crippen LogP contribution in [-0.2, 0) is 17.2 Å². The molecule has 0 radical (unpaired) electrons. The molecule has 0 N–H and O–H groups in total. The fourth-order valence-electron chi connectivity index (χ4n) is 2.04. The van der Waals surface area contributed by atoms with Crippen LogP contribution in [-0.4, -0.2) is 18.7 Å². The number of para-hydroxylation sites is 1. The van der Waals surface area contributed by atoms with E-state index in [0.29, 0.717) is 5.75 Å². The van der Waals surface area contributed by atoms with Gasteiger partial charge in [-0.25, -0.2) is 8.42 Å². The zero-order chi connectivity index (χ0) is 12.1. The summed E-state index contributed by atoms with van der Waals surface area (Å²) in [5.41, 5.74) is 1.25. The Morgan fingerprint density at radius 2 is 1.82 bits per heavy atom. The fraction of sp³-hybridized carbons (Fsp3) is 0.385. The van der Waals surface area contributed by atoms with Gasteiger partial charge in [-0.15, -0.1) is 0 Å². The maximum Gasteiger partial charge on any atom is 0.140 e. The van der Waals surface area contributed by atoms with E-state index in [1.54, 1.807) is 0 Å². The lowest BCUT2D eigenvalue weighted by atomic mass is 10.2.